The molecule has 0 radical (unpaired) electrons. The molecule has 146 valence electrons. The van der Waals surface area contributed by atoms with Crippen molar-refractivity contribution in [2.45, 2.75) is 38.3 Å². The van der Waals surface area contributed by atoms with Crippen molar-refractivity contribution in [3.05, 3.63) is 71.3 Å². The third kappa shape index (κ3) is 4.57. The second-order valence-corrected chi connectivity index (χ2v) is 7.09. The maximum absolute atomic E-state index is 13.1. The number of rotatable bonds is 6. The van der Waals surface area contributed by atoms with Crippen LogP contribution in [0.2, 0.25) is 0 Å². The van der Waals surface area contributed by atoms with Gasteiger partial charge in [-0.15, -0.1) is 0 Å². The number of nitrogens with zero attached hydrogens (tertiary/aromatic N) is 1. The first-order valence-corrected chi connectivity index (χ1v) is 9.38. The second kappa shape index (κ2) is 8.69. The van der Waals surface area contributed by atoms with Gasteiger partial charge in [-0.2, -0.15) is 0 Å². The highest BCUT2D eigenvalue weighted by Gasteiger charge is 2.34. The van der Waals surface area contributed by atoms with Crippen LogP contribution in [-0.4, -0.2) is 41.3 Å². The number of carbonyl (C=O) groups excluding carboxylic acids is 3. The van der Waals surface area contributed by atoms with Crippen LogP contribution < -0.4 is 10.4 Å². The monoisotopic (exact) mass is 379 g/mol. The maximum Gasteiger partial charge on any atom is 0.251 e. The van der Waals surface area contributed by atoms with E-state index in [2.05, 4.69) is 5.32 Å². The van der Waals surface area contributed by atoms with E-state index in [0.717, 1.165) is 11.1 Å². The first kappa shape index (κ1) is 19.6. The first-order valence-electron chi connectivity index (χ1n) is 9.38. The zero-order valence-corrected chi connectivity index (χ0v) is 15.8. The first-order chi connectivity index (χ1) is 13.5. The minimum absolute atomic E-state index is 0.286. The fourth-order valence-electron chi connectivity index (χ4n) is 3.47. The van der Waals surface area contributed by atoms with Crippen molar-refractivity contribution in [1.82, 2.24) is 10.2 Å². The lowest BCUT2D eigenvalue weighted by Gasteiger charge is -2.30. The van der Waals surface area contributed by atoms with E-state index in [4.69, 9.17) is 0 Å². The van der Waals surface area contributed by atoms with Gasteiger partial charge in [0.25, 0.3) is 5.91 Å². The SMILES string of the molecule is Cc1ccc(C[C@H](NC(=O)c2ccccc2)C(=O)N2CCC[C@@H]2C(=O)[O-])cc1. The Kier molecular flexibility index (Phi) is 6.09. The van der Waals surface area contributed by atoms with E-state index in [1.165, 1.54) is 4.90 Å². The minimum Gasteiger partial charge on any atom is -0.548 e. The zero-order chi connectivity index (χ0) is 20.1. The third-order valence-electron chi connectivity index (χ3n) is 5.01. The van der Waals surface area contributed by atoms with Gasteiger partial charge in [0.15, 0.2) is 0 Å². The summed E-state index contributed by atoms with van der Waals surface area (Å²) in [7, 11) is 0. The van der Waals surface area contributed by atoms with Crippen molar-refractivity contribution in [1.29, 1.82) is 0 Å². The van der Waals surface area contributed by atoms with Crippen molar-refractivity contribution >= 4 is 17.8 Å². The van der Waals surface area contributed by atoms with E-state index in [-0.39, 0.29) is 12.3 Å². The molecule has 28 heavy (non-hydrogen) atoms. The third-order valence-corrected chi connectivity index (χ3v) is 5.01. The molecule has 1 saturated heterocycles. The Morgan fingerprint density at radius 1 is 1.11 bits per heavy atom. The number of benzene rings is 2. The summed E-state index contributed by atoms with van der Waals surface area (Å²) in [5.41, 5.74) is 2.43. The Hall–Kier alpha value is -3.15. The number of hydrogen-bond donors (Lipinski definition) is 1. The molecule has 1 heterocycles. The molecule has 1 aliphatic heterocycles. The molecular weight excluding hydrogens is 356 g/mol. The standard InChI is InChI=1S/C22H24N2O4/c1-15-9-11-16(12-10-15)14-18(23-20(25)17-6-3-2-4-7-17)21(26)24-13-5-8-19(24)22(27)28/h2-4,6-7,9-12,18-19H,5,8,13-14H2,1H3,(H,23,25)(H,27,28)/p-1/t18-,19+/m0/s1. The van der Waals surface area contributed by atoms with E-state index in [1.54, 1.807) is 30.3 Å². The van der Waals surface area contributed by atoms with Crippen LogP contribution in [0, 0.1) is 6.92 Å². The van der Waals surface area contributed by atoms with Crippen LogP contribution in [0.4, 0.5) is 0 Å². The van der Waals surface area contributed by atoms with Crippen LogP contribution >= 0.6 is 0 Å². The Morgan fingerprint density at radius 2 is 1.79 bits per heavy atom. The summed E-state index contributed by atoms with van der Waals surface area (Å²) in [6.45, 7) is 2.32. The highest BCUT2D eigenvalue weighted by molar-refractivity contribution is 5.98. The molecule has 0 spiro atoms. The summed E-state index contributed by atoms with van der Waals surface area (Å²) in [5, 5.41) is 14.2. The average molecular weight is 379 g/mol. The molecule has 0 bridgehead atoms. The van der Waals surface area contributed by atoms with Gasteiger partial charge in [0.05, 0.1) is 12.0 Å². The highest BCUT2D eigenvalue weighted by atomic mass is 16.4. The molecule has 0 saturated carbocycles. The predicted molar refractivity (Wildman–Crippen MR) is 102 cm³/mol. The molecule has 6 nitrogen and oxygen atoms in total. The molecule has 0 unspecified atom stereocenters. The van der Waals surface area contributed by atoms with Gasteiger partial charge >= 0.3 is 0 Å². The molecule has 2 aromatic rings. The number of hydrogen-bond acceptors (Lipinski definition) is 4. The topological polar surface area (TPSA) is 89.5 Å². The zero-order valence-electron chi connectivity index (χ0n) is 15.8. The summed E-state index contributed by atoms with van der Waals surface area (Å²) < 4.78 is 0. The van der Waals surface area contributed by atoms with Crippen LogP contribution in [0.3, 0.4) is 0 Å². The summed E-state index contributed by atoms with van der Waals surface area (Å²) >= 11 is 0. The summed E-state index contributed by atoms with van der Waals surface area (Å²) in [6.07, 6.45) is 1.26. The van der Waals surface area contributed by atoms with Gasteiger partial charge in [-0.25, -0.2) is 0 Å². The van der Waals surface area contributed by atoms with E-state index in [1.807, 2.05) is 31.2 Å². The molecule has 0 aliphatic carbocycles. The molecule has 2 aromatic carbocycles. The molecule has 1 aliphatic rings. The fourth-order valence-corrected chi connectivity index (χ4v) is 3.47. The summed E-state index contributed by atoms with van der Waals surface area (Å²) in [5.74, 6) is -2.01. The molecule has 6 heteroatoms. The van der Waals surface area contributed by atoms with Crippen LogP contribution in [0.25, 0.3) is 0 Å². The van der Waals surface area contributed by atoms with Gasteiger partial charge < -0.3 is 20.1 Å². The van der Waals surface area contributed by atoms with Gasteiger partial charge in [-0.1, -0.05) is 48.0 Å². The van der Waals surface area contributed by atoms with Gasteiger partial charge in [0.2, 0.25) is 5.91 Å². The lowest BCUT2D eigenvalue weighted by molar-refractivity contribution is -0.310. The number of aryl methyl sites for hydroxylation is 1. The van der Waals surface area contributed by atoms with E-state index >= 15 is 0 Å². The highest BCUT2D eigenvalue weighted by Crippen LogP contribution is 2.19. The van der Waals surface area contributed by atoms with Crippen molar-refractivity contribution in [2.75, 3.05) is 6.54 Å². The predicted octanol–water partition coefficient (Wildman–Crippen LogP) is 1.08. The molecule has 2 amide bonds. The second-order valence-electron chi connectivity index (χ2n) is 7.09. The molecular formula is C22H23N2O4-. The minimum atomic E-state index is -1.26. The smallest absolute Gasteiger partial charge is 0.251 e. The molecule has 0 aromatic heterocycles. The molecule has 1 fully saturated rings. The van der Waals surface area contributed by atoms with Crippen LogP contribution in [0.5, 0.6) is 0 Å². The molecule has 1 N–H and O–H groups in total. The number of likely N-dealkylation sites (tertiary alicyclic amines) is 1. The van der Waals surface area contributed by atoms with Crippen molar-refractivity contribution in [2.24, 2.45) is 0 Å². The van der Waals surface area contributed by atoms with Gasteiger partial charge in [0, 0.05) is 18.5 Å². The maximum atomic E-state index is 13.1. The Morgan fingerprint density at radius 3 is 2.43 bits per heavy atom. The number of amides is 2. The lowest BCUT2D eigenvalue weighted by atomic mass is 10.0. The van der Waals surface area contributed by atoms with E-state index < -0.39 is 24.0 Å². The number of nitrogens with one attached hydrogen (secondary N) is 1. The fraction of sp³-hybridized carbons (Fsp3) is 0.318. The summed E-state index contributed by atoms with van der Waals surface area (Å²) in [6, 6.07) is 14.5. The van der Waals surface area contributed by atoms with Gasteiger partial charge in [-0.05, 0) is 37.5 Å². The summed E-state index contributed by atoms with van der Waals surface area (Å²) in [4.78, 5) is 38.4. The number of carbonyl (C=O) groups is 3. The number of aliphatic carboxylic acids is 1. The molecule has 3 rings (SSSR count). The lowest BCUT2D eigenvalue weighted by Crippen LogP contribution is -2.54. The van der Waals surface area contributed by atoms with Crippen molar-refractivity contribution in [3.8, 4) is 0 Å². The van der Waals surface area contributed by atoms with Crippen LogP contribution in [-0.2, 0) is 16.0 Å². The van der Waals surface area contributed by atoms with Gasteiger partial charge in [-0.3, -0.25) is 9.59 Å². The van der Waals surface area contributed by atoms with Gasteiger partial charge in [0.1, 0.15) is 6.04 Å². The van der Waals surface area contributed by atoms with Crippen LogP contribution in [0.1, 0.15) is 34.3 Å². The molecule has 2 atom stereocenters. The van der Waals surface area contributed by atoms with Crippen LogP contribution in [0.15, 0.2) is 54.6 Å². The van der Waals surface area contributed by atoms with E-state index in [0.29, 0.717) is 24.9 Å². The largest absolute Gasteiger partial charge is 0.548 e. The Balaban J connectivity index is 1.82. The Bertz CT molecular complexity index is 849. The van der Waals surface area contributed by atoms with Crippen molar-refractivity contribution < 1.29 is 19.5 Å². The average Bonchev–Trinajstić information content (AvgIpc) is 3.19. The number of carboxylic acid groups (broad SMARTS) is 1. The quantitative estimate of drug-likeness (QED) is 0.813. The Labute approximate surface area is 164 Å². The normalized spacial score (nSPS) is 17.2. The van der Waals surface area contributed by atoms with Crippen molar-refractivity contribution in [3.63, 3.8) is 0 Å². The van der Waals surface area contributed by atoms with E-state index in [9.17, 15) is 19.5 Å². The number of carboxylic acids is 1.